The lowest BCUT2D eigenvalue weighted by atomic mass is 10.2. The van der Waals surface area contributed by atoms with Crippen LogP contribution in [0.2, 0.25) is 10.0 Å². The Morgan fingerprint density at radius 1 is 1.00 bits per heavy atom. The fourth-order valence-corrected chi connectivity index (χ4v) is 3.15. The molecule has 5 heteroatoms. The van der Waals surface area contributed by atoms with Crippen LogP contribution in [-0.2, 0) is 6.54 Å². The lowest BCUT2D eigenvalue weighted by Gasteiger charge is -2.18. The number of aliphatic hydroxyl groups excluding tert-OH is 1. The molecule has 0 saturated carbocycles. The van der Waals surface area contributed by atoms with Gasteiger partial charge in [-0.3, -0.25) is 4.90 Å². The minimum atomic E-state index is -0.559. The van der Waals surface area contributed by atoms with Gasteiger partial charge in [-0.2, -0.15) is 0 Å². The highest BCUT2D eigenvalue weighted by atomic mass is 35.5. The normalized spacial score (nSPS) is 22.0. The van der Waals surface area contributed by atoms with E-state index < -0.39 is 6.10 Å². The molecular weight excluding hydrogens is 321 g/mol. The molecule has 116 valence electrons. The molecule has 0 spiro atoms. The van der Waals surface area contributed by atoms with Crippen molar-refractivity contribution in [2.45, 2.75) is 18.8 Å². The van der Waals surface area contributed by atoms with Gasteiger partial charge in [-0.05, 0) is 17.7 Å². The third-order valence-corrected chi connectivity index (χ3v) is 4.34. The van der Waals surface area contributed by atoms with Gasteiger partial charge in [-0.15, -0.1) is 0 Å². The summed E-state index contributed by atoms with van der Waals surface area (Å²) in [6, 6.07) is 15.4. The van der Waals surface area contributed by atoms with Gasteiger partial charge < -0.3 is 9.84 Å². The number of aliphatic hydroxyl groups is 1. The summed E-state index contributed by atoms with van der Waals surface area (Å²) in [5, 5.41) is 11.1. The number of β-amino-alcohol motifs (C(OH)–C–C–N with tert-alkyl or cyclic N) is 1. The highest BCUT2D eigenvalue weighted by Gasteiger charge is 2.33. The summed E-state index contributed by atoms with van der Waals surface area (Å²) >= 11 is 12.2. The van der Waals surface area contributed by atoms with Crippen molar-refractivity contribution in [3.8, 4) is 5.75 Å². The molecule has 2 aromatic rings. The Kier molecular flexibility index (Phi) is 4.89. The average molecular weight is 338 g/mol. The Morgan fingerprint density at radius 3 is 2.36 bits per heavy atom. The van der Waals surface area contributed by atoms with Gasteiger partial charge in [-0.25, -0.2) is 0 Å². The van der Waals surface area contributed by atoms with E-state index in [0.717, 1.165) is 6.54 Å². The minimum absolute atomic E-state index is 0.332. The summed E-state index contributed by atoms with van der Waals surface area (Å²) in [7, 11) is 0. The van der Waals surface area contributed by atoms with Crippen LogP contribution in [0.3, 0.4) is 0 Å². The Labute approximate surface area is 140 Å². The summed E-state index contributed by atoms with van der Waals surface area (Å²) in [6.45, 7) is 1.99. The maximum atomic E-state index is 10.2. The third kappa shape index (κ3) is 3.55. The number of hydrogen-bond acceptors (Lipinski definition) is 3. The zero-order chi connectivity index (χ0) is 15.5. The Bertz CT molecular complexity index is 616. The van der Waals surface area contributed by atoms with Crippen LogP contribution in [0, 0.1) is 0 Å². The molecule has 0 unspecified atom stereocenters. The van der Waals surface area contributed by atoms with Gasteiger partial charge in [0.2, 0.25) is 0 Å². The lowest BCUT2D eigenvalue weighted by Crippen LogP contribution is -2.30. The monoisotopic (exact) mass is 337 g/mol. The predicted octanol–water partition coefficient (Wildman–Crippen LogP) is 3.62. The van der Waals surface area contributed by atoms with Crippen LogP contribution in [0.1, 0.15) is 5.56 Å². The van der Waals surface area contributed by atoms with E-state index in [2.05, 4.69) is 17.0 Å². The maximum absolute atomic E-state index is 10.2. The van der Waals surface area contributed by atoms with E-state index in [1.165, 1.54) is 5.56 Å². The molecule has 22 heavy (non-hydrogen) atoms. The van der Waals surface area contributed by atoms with Crippen molar-refractivity contribution in [3.63, 3.8) is 0 Å². The standard InChI is InChI=1S/C17H17Cl2NO2/c18-13-7-4-8-14(19)17(13)22-16-11-20(10-15(16)21)9-12-5-2-1-3-6-12/h1-8,15-16,21H,9-11H2/t15-,16-/m0/s1. The van der Waals surface area contributed by atoms with E-state index >= 15 is 0 Å². The van der Waals surface area contributed by atoms with Crippen molar-refractivity contribution in [3.05, 3.63) is 64.1 Å². The van der Waals surface area contributed by atoms with Crippen molar-refractivity contribution in [1.29, 1.82) is 0 Å². The number of halogens is 2. The molecule has 3 nitrogen and oxygen atoms in total. The molecule has 2 aromatic carbocycles. The molecule has 0 aliphatic carbocycles. The number of rotatable bonds is 4. The molecule has 1 aliphatic heterocycles. The van der Waals surface area contributed by atoms with E-state index in [9.17, 15) is 5.11 Å². The highest BCUT2D eigenvalue weighted by Crippen LogP contribution is 2.34. The molecule has 1 heterocycles. The average Bonchev–Trinajstić information content (AvgIpc) is 2.84. The summed E-state index contributed by atoms with van der Waals surface area (Å²) in [4.78, 5) is 2.16. The second-order valence-electron chi connectivity index (χ2n) is 5.45. The van der Waals surface area contributed by atoms with E-state index in [-0.39, 0.29) is 6.10 Å². The first-order valence-corrected chi connectivity index (χ1v) is 7.94. The summed E-state index contributed by atoms with van der Waals surface area (Å²) in [5.41, 5.74) is 1.21. The van der Waals surface area contributed by atoms with Gasteiger partial charge in [0.1, 0.15) is 12.2 Å². The van der Waals surface area contributed by atoms with Gasteiger partial charge in [0.05, 0.1) is 10.0 Å². The fraction of sp³-hybridized carbons (Fsp3) is 0.294. The largest absolute Gasteiger partial charge is 0.483 e. The van der Waals surface area contributed by atoms with Gasteiger partial charge in [0.15, 0.2) is 5.75 Å². The van der Waals surface area contributed by atoms with Crippen molar-refractivity contribution in [2.75, 3.05) is 13.1 Å². The van der Waals surface area contributed by atoms with E-state index in [4.69, 9.17) is 27.9 Å². The van der Waals surface area contributed by atoms with Gasteiger partial charge in [-0.1, -0.05) is 59.6 Å². The molecular formula is C17H17Cl2NO2. The summed E-state index contributed by atoms with van der Waals surface area (Å²) in [6.07, 6.45) is -0.892. The van der Waals surface area contributed by atoms with E-state index in [1.807, 2.05) is 18.2 Å². The molecule has 0 aromatic heterocycles. The zero-order valence-corrected chi connectivity index (χ0v) is 13.5. The molecule has 1 N–H and O–H groups in total. The molecule has 3 rings (SSSR count). The molecule has 1 fully saturated rings. The SMILES string of the molecule is O[C@H]1CN(Cc2ccccc2)C[C@@H]1Oc1c(Cl)cccc1Cl. The van der Waals surface area contributed by atoms with Gasteiger partial charge in [0, 0.05) is 19.6 Å². The first-order chi connectivity index (χ1) is 10.6. The predicted molar refractivity (Wildman–Crippen MR) is 88.6 cm³/mol. The second-order valence-corrected chi connectivity index (χ2v) is 6.27. The van der Waals surface area contributed by atoms with Crippen LogP contribution in [0.5, 0.6) is 5.75 Å². The third-order valence-electron chi connectivity index (χ3n) is 3.75. The molecule has 0 amide bonds. The quantitative estimate of drug-likeness (QED) is 0.924. The molecule has 0 bridgehead atoms. The number of para-hydroxylation sites is 1. The van der Waals surface area contributed by atoms with E-state index in [0.29, 0.717) is 28.9 Å². The second kappa shape index (κ2) is 6.88. The number of benzene rings is 2. The van der Waals surface area contributed by atoms with Crippen molar-refractivity contribution in [2.24, 2.45) is 0 Å². The minimum Gasteiger partial charge on any atom is -0.483 e. The maximum Gasteiger partial charge on any atom is 0.157 e. The van der Waals surface area contributed by atoms with Crippen molar-refractivity contribution in [1.82, 2.24) is 4.90 Å². The summed E-state index contributed by atoms with van der Waals surface area (Å²) in [5.74, 6) is 0.441. The van der Waals surface area contributed by atoms with Gasteiger partial charge in [0.25, 0.3) is 0 Å². The molecule has 0 radical (unpaired) electrons. The summed E-state index contributed by atoms with van der Waals surface area (Å²) < 4.78 is 5.86. The number of likely N-dealkylation sites (tertiary alicyclic amines) is 1. The van der Waals surface area contributed by atoms with Gasteiger partial charge >= 0.3 is 0 Å². The molecule has 2 atom stereocenters. The van der Waals surface area contributed by atoms with Crippen molar-refractivity contribution >= 4 is 23.2 Å². The fourth-order valence-electron chi connectivity index (χ4n) is 2.67. The van der Waals surface area contributed by atoms with E-state index in [1.54, 1.807) is 18.2 Å². The van der Waals surface area contributed by atoms with Crippen LogP contribution in [0.4, 0.5) is 0 Å². The molecule has 1 saturated heterocycles. The first-order valence-electron chi connectivity index (χ1n) is 7.18. The van der Waals surface area contributed by atoms with Crippen LogP contribution < -0.4 is 4.74 Å². The van der Waals surface area contributed by atoms with Crippen molar-refractivity contribution < 1.29 is 9.84 Å². The number of hydrogen-bond donors (Lipinski definition) is 1. The smallest absolute Gasteiger partial charge is 0.157 e. The lowest BCUT2D eigenvalue weighted by molar-refractivity contribution is 0.0738. The zero-order valence-electron chi connectivity index (χ0n) is 12.0. The number of nitrogens with zero attached hydrogens (tertiary/aromatic N) is 1. The Balaban J connectivity index is 1.66. The van der Waals surface area contributed by atoms with Crippen LogP contribution in [0.15, 0.2) is 48.5 Å². The van der Waals surface area contributed by atoms with Crippen LogP contribution >= 0.6 is 23.2 Å². The first kappa shape index (κ1) is 15.6. The number of ether oxygens (including phenoxy) is 1. The topological polar surface area (TPSA) is 32.7 Å². The highest BCUT2D eigenvalue weighted by molar-refractivity contribution is 6.37. The van der Waals surface area contributed by atoms with Crippen LogP contribution in [-0.4, -0.2) is 35.3 Å². The van der Waals surface area contributed by atoms with Crippen LogP contribution in [0.25, 0.3) is 0 Å². The molecule has 1 aliphatic rings. The Morgan fingerprint density at radius 2 is 1.68 bits per heavy atom. The Hall–Kier alpha value is -1.26.